The highest BCUT2D eigenvalue weighted by Gasteiger charge is 2.36. The molecule has 31 heteroatoms. The van der Waals surface area contributed by atoms with Crippen molar-refractivity contribution in [2.45, 2.75) is 172 Å². The van der Waals surface area contributed by atoms with Gasteiger partial charge >= 0.3 is 17.9 Å². The van der Waals surface area contributed by atoms with E-state index in [0.29, 0.717) is 131 Å². The number of ketones is 5. The molecule has 0 aliphatic carbocycles. The number of carbonyl (C=O) groups excluding carboxylic acids is 13. The van der Waals surface area contributed by atoms with Gasteiger partial charge in [0.25, 0.3) is 11.8 Å². The highest BCUT2D eigenvalue weighted by Crippen LogP contribution is 2.32. The Morgan fingerprint density at radius 3 is 1.58 bits per heavy atom. The Morgan fingerprint density at radius 1 is 0.580 bits per heavy atom. The molecule has 560 valence electrons. The van der Waals surface area contributed by atoms with Gasteiger partial charge in [-0.25, -0.2) is 19.4 Å². The van der Waals surface area contributed by atoms with Gasteiger partial charge in [0.1, 0.15) is 34.2 Å². The summed E-state index contributed by atoms with van der Waals surface area (Å²) in [5.41, 5.74) is 0.422. The predicted octanol–water partition coefficient (Wildman–Crippen LogP) is 5.47. The van der Waals surface area contributed by atoms with Crippen molar-refractivity contribution in [2.75, 3.05) is 129 Å². The Balaban J connectivity index is 1.63. The number of nitrogens with one attached hydrogen (secondary N) is 3. The maximum atomic E-state index is 14.4. The molecular formula is C69H109N11O18S2. The minimum atomic E-state index is -1.42. The monoisotopic (exact) mass is 1440 g/mol. The number of Topliss-reactive ketones (excluding diaryl/α,β-unsaturated/α-hetero) is 5. The molecule has 0 unspecified atom stereocenters. The molecule has 1 aliphatic rings. The van der Waals surface area contributed by atoms with Crippen molar-refractivity contribution in [3.8, 4) is 0 Å². The first kappa shape index (κ1) is 87.0. The number of nitrogens with zero attached hydrogens (tertiary/aromatic N) is 8. The number of amides is 7. The molecule has 29 nitrogen and oxygen atoms in total. The van der Waals surface area contributed by atoms with Crippen LogP contribution in [0.2, 0.25) is 0 Å². The standard InChI is InChI=1S/C69H109N11O18S2/c1-48-58(97-69(94)96-48)47-95-68(93)78(10)37-36-72-67(92)55(41-65(90)98-80-63(88)32-33-64(80)89)79(11)62(87)29-13-12-22-38-99-100-61-31-30-52(42-73-61)66(91)49(23-14-16-27-56(83)50(39-53(81)43-74(2)3)25-18-20-34-70-59(85)45-76(6)7)24-15-17-28-57(84)51(40-54(82)44-75(4)5)26-19-21-35-71-60(86)46-77(8)9/h30-31,42,49-51,55H,12-29,32-41,43-47H2,1-11H3,(H,70,85)(H,71,86)(H,72,92)/t50-,51-,55+/m1/s1. The number of hydrogen-bond acceptors (Lipinski definition) is 25. The zero-order chi connectivity index (χ0) is 74.3. The van der Waals surface area contributed by atoms with E-state index < -0.39 is 71.7 Å². The maximum Gasteiger partial charge on any atom is 0.519 e. The first-order chi connectivity index (χ1) is 47.4. The number of hydrogen-bond donors (Lipinski definition) is 3. The summed E-state index contributed by atoms with van der Waals surface area (Å²) in [5.74, 6) is -5.60. The summed E-state index contributed by atoms with van der Waals surface area (Å²) in [5, 5.41) is 9.42. The van der Waals surface area contributed by atoms with Crippen molar-refractivity contribution in [1.29, 1.82) is 0 Å². The summed E-state index contributed by atoms with van der Waals surface area (Å²) in [6.45, 7) is 2.78. The van der Waals surface area contributed by atoms with Crippen molar-refractivity contribution < 1.29 is 80.7 Å². The van der Waals surface area contributed by atoms with Gasteiger partial charge in [0.2, 0.25) is 23.6 Å². The number of rotatable bonds is 54. The molecule has 7 amide bonds. The molecule has 3 rings (SSSR count). The van der Waals surface area contributed by atoms with Gasteiger partial charge in [0.15, 0.2) is 23.9 Å². The van der Waals surface area contributed by atoms with Gasteiger partial charge < -0.3 is 63.8 Å². The Hall–Kier alpha value is -7.19. The Labute approximate surface area is 596 Å². The Morgan fingerprint density at radius 2 is 1.09 bits per heavy atom. The van der Waals surface area contributed by atoms with Crippen LogP contribution < -0.4 is 21.8 Å². The SMILES string of the molecule is Cc1oc(=O)oc1COC(=O)N(C)CCNC(=O)[C@H](CC(=O)ON1C(=O)CCC1=O)N(C)C(=O)CCCCCSSc1ccc(C(=O)C(CCCCC(=O)[C@H](CCCCNC(=O)CN(C)C)CC(=O)CN(C)C)CCCCC(=O)[C@H](CCCCNC(=O)CN(C)C)CC(=O)CN(C)C)cn1. The molecule has 2 aromatic heterocycles. The molecule has 3 heterocycles. The highest BCUT2D eigenvalue weighted by atomic mass is 33.1. The van der Waals surface area contributed by atoms with Gasteiger partial charge in [-0.1, -0.05) is 42.9 Å². The van der Waals surface area contributed by atoms with Crippen LogP contribution in [0.4, 0.5) is 4.79 Å². The summed E-state index contributed by atoms with van der Waals surface area (Å²) in [4.78, 5) is 200. The molecule has 3 atom stereocenters. The molecule has 100 heavy (non-hydrogen) atoms. The molecule has 2 aromatic rings. The number of imide groups is 1. The fraction of sp³-hybridized carbons (Fsp3) is 0.696. The van der Waals surface area contributed by atoms with Crippen LogP contribution in [0.5, 0.6) is 0 Å². The van der Waals surface area contributed by atoms with Gasteiger partial charge in [0, 0.05) is 120 Å². The molecule has 0 spiro atoms. The number of unbranched alkanes of at least 4 members (excludes halogenated alkanes) is 6. The van der Waals surface area contributed by atoms with E-state index in [2.05, 4.69) is 20.9 Å². The summed E-state index contributed by atoms with van der Waals surface area (Å²) < 4.78 is 14.8. The number of hydroxylamine groups is 2. The molecule has 1 fully saturated rings. The topological polar surface area (TPSA) is 355 Å². The summed E-state index contributed by atoms with van der Waals surface area (Å²) in [6.07, 6.45) is 9.04. The van der Waals surface area contributed by atoms with Gasteiger partial charge in [-0.15, -0.1) is 5.06 Å². The van der Waals surface area contributed by atoms with Crippen molar-refractivity contribution in [3.05, 3.63) is 46.0 Å². The second kappa shape index (κ2) is 47.8. The third-order valence-corrected chi connectivity index (χ3v) is 18.8. The van der Waals surface area contributed by atoms with Crippen molar-refractivity contribution >= 4 is 98.0 Å². The number of pyridine rings is 1. The van der Waals surface area contributed by atoms with Crippen molar-refractivity contribution in [1.82, 2.24) is 55.4 Å². The summed E-state index contributed by atoms with van der Waals surface area (Å²) in [7, 11) is 20.2. The van der Waals surface area contributed by atoms with Crippen LogP contribution in [0.25, 0.3) is 0 Å². The average molecular weight is 1440 g/mol. The molecule has 3 N–H and O–H groups in total. The molecule has 1 aliphatic heterocycles. The van der Waals surface area contributed by atoms with Crippen LogP contribution in [0, 0.1) is 24.7 Å². The first-order valence-electron chi connectivity index (χ1n) is 34.5. The minimum Gasteiger partial charge on any atom is -0.441 e. The summed E-state index contributed by atoms with van der Waals surface area (Å²) >= 11 is 0. The predicted molar refractivity (Wildman–Crippen MR) is 376 cm³/mol. The van der Waals surface area contributed by atoms with Crippen molar-refractivity contribution in [2.24, 2.45) is 17.8 Å². The van der Waals surface area contributed by atoms with Crippen LogP contribution in [0.1, 0.15) is 170 Å². The zero-order valence-electron chi connectivity index (χ0n) is 60.6. The molecule has 0 bridgehead atoms. The van der Waals surface area contributed by atoms with E-state index in [1.807, 2.05) is 28.2 Å². The fourth-order valence-corrected chi connectivity index (χ4v) is 13.1. The van der Waals surface area contributed by atoms with Gasteiger partial charge in [-0.3, -0.25) is 52.7 Å². The molecule has 0 aromatic carbocycles. The van der Waals surface area contributed by atoms with Gasteiger partial charge in [-0.05, 0) is 150 Å². The maximum absolute atomic E-state index is 14.4. The zero-order valence-corrected chi connectivity index (χ0v) is 62.3. The fourth-order valence-electron chi connectivity index (χ4n) is 11.0. The normalized spacial score (nSPS) is 13.2. The number of likely N-dealkylation sites (N-methyl/N-ethyl adjacent to an activating group) is 6. The number of ether oxygens (including phenoxy) is 1. The van der Waals surface area contributed by atoms with Crippen LogP contribution >= 0.6 is 21.6 Å². The van der Waals surface area contributed by atoms with Crippen LogP contribution in [-0.2, 0) is 68.9 Å². The number of aromatic nitrogens is 1. The highest BCUT2D eigenvalue weighted by molar-refractivity contribution is 8.76. The van der Waals surface area contributed by atoms with E-state index in [-0.39, 0.29) is 143 Å². The first-order valence-corrected chi connectivity index (χ1v) is 36.8. The third kappa shape index (κ3) is 35.9. The van der Waals surface area contributed by atoms with Crippen molar-refractivity contribution in [3.63, 3.8) is 0 Å². The lowest BCUT2D eigenvalue weighted by molar-refractivity contribution is -0.198. The summed E-state index contributed by atoms with van der Waals surface area (Å²) in [6, 6.07) is 2.10. The van der Waals surface area contributed by atoms with Gasteiger partial charge in [0.05, 0.1) is 32.6 Å². The van der Waals surface area contributed by atoms with E-state index in [4.69, 9.17) is 18.4 Å². The van der Waals surface area contributed by atoms with Crippen LogP contribution in [-0.4, -0.2) is 250 Å². The third-order valence-electron chi connectivity index (χ3n) is 16.4. The van der Waals surface area contributed by atoms with Crippen LogP contribution in [0.15, 0.2) is 37.0 Å². The lowest BCUT2D eigenvalue weighted by Gasteiger charge is -2.27. The smallest absolute Gasteiger partial charge is 0.441 e. The Bertz CT molecular complexity index is 2950. The lowest BCUT2D eigenvalue weighted by Crippen LogP contribution is -2.50. The minimum absolute atomic E-state index is 0.00204. The van der Waals surface area contributed by atoms with E-state index in [1.54, 1.807) is 66.1 Å². The molecule has 0 saturated carbocycles. The van der Waals surface area contributed by atoms with E-state index in [0.717, 1.165) is 9.80 Å². The largest absolute Gasteiger partial charge is 0.519 e. The quantitative estimate of drug-likeness (QED) is 0.0320. The second-order valence-corrected chi connectivity index (χ2v) is 29.0. The Kier molecular flexibility index (Phi) is 41.6. The average Bonchev–Trinajstić information content (AvgIpc) is 1.30. The number of carbonyl (C=O) groups is 13. The van der Waals surface area contributed by atoms with E-state index in [9.17, 15) is 67.1 Å². The molecule has 1 saturated heterocycles. The number of aryl methyl sites for hydroxylation is 1. The van der Waals surface area contributed by atoms with Crippen LogP contribution in [0.3, 0.4) is 0 Å². The molecule has 0 radical (unpaired) electrons. The van der Waals surface area contributed by atoms with E-state index in [1.165, 1.54) is 42.6 Å². The second-order valence-electron chi connectivity index (χ2n) is 26.6. The van der Waals surface area contributed by atoms with Gasteiger partial charge in [-0.2, -0.15) is 0 Å². The van der Waals surface area contributed by atoms with E-state index >= 15 is 0 Å². The lowest BCUT2D eigenvalue weighted by atomic mass is 9.85. The molecular weight excluding hydrogens is 1330 g/mol.